The number of aromatic nitrogens is 2. The molecule has 0 spiro atoms. The second-order valence-corrected chi connectivity index (χ2v) is 9.89. The zero-order chi connectivity index (χ0) is 23.3. The number of hydrogen-bond donors (Lipinski definition) is 2. The first-order valence-corrected chi connectivity index (χ1v) is 11.6. The molecule has 0 bridgehead atoms. The van der Waals surface area contributed by atoms with Gasteiger partial charge in [0, 0.05) is 25.5 Å². The van der Waals surface area contributed by atoms with E-state index in [1.54, 1.807) is 43.5 Å². The maximum atomic E-state index is 13.5. The van der Waals surface area contributed by atoms with Crippen LogP contribution in [0.15, 0.2) is 60.9 Å². The van der Waals surface area contributed by atoms with E-state index in [1.807, 2.05) is 6.92 Å². The van der Waals surface area contributed by atoms with Gasteiger partial charge in [-0.15, -0.1) is 0 Å². The van der Waals surface area contributed by atoms with Crippen molar-refractivity contribution < 1.29 is 23.4 Å². The van der Waals surface area contributed by atoms with Gasteiger partial charge in [-0.3, -0.25) is 0 Å². The normalized spacial score (nSPS) is 13.7. The van der Waals surface area contributed by atoms with Crippen LogP contribution in [0.2, 0.25) is 0 Å². The average molecular weight is 458 g/mol. The summed E-state index contributed by atoms with van der Waals surface area (Å²) in [6.07, 6.45) is 1.69. The van der Waals surface area contributed by atoms with E-state index < -0.39 is 21.4 Å². The van der Waals surface area contributed by atoms with Gasteiger partial charge in [-0.1, -0.05) is 24.3 Å². The van der Waals surface area contributed by atoms with Crippen LogP contribution >= 0.6 is 0 Å². The topological polar surface area (TPSA) is 113 Å². The highest BCUT2D eigenvalue weighted by Crippen LogP contribution is 2.26. The van der Waals surface area contributed by atoms with Gasteiger partial charge < -0.3 is 14.9 Å². The molecule has 0 amide bonds. The molecule has 32 heavy (non-hydrogen) atoms. The van der Waals surface area contributed by atoms with E-state index >= 15 is 0 Å². The Morgan fingerprint density at radius 2 is 1.47 bits per heavy atom. The maximum Gasteiger partial charge on any atom is 0.220 e. The van der Waals surface area contributed by atoms with Gasteiger partial charge in [0.25, 0.3) is 0 Å². The van der Waals surface area contributed by atoms with Gasteiger partial charge in [-0.2, -0.15) is 4.31 Å². The van der Waals surface area contributed by atoms with Crippen molar-refractivity contribution >= 4 is 10.0 Å². The third kappa shape index (κ3) is 5.61. The van der Waals surface area contributed by atoms with Crippen LogP contribution in [0.3, 0.4) is 0 Å². The Bertz CT molecular complexity index is 1120. The summed E-state index contributed by atoms with van der Waals surface area (Å²) in [6.45, 7) is 3.42. The number of nitrogens with zero attached hydrogens (tertiary/aromatic N) is 3. The molecule has 170 valence electrons. The minimum atomic E-state index is -3.97. The largest absolute Gasteiger partial charge is 0.508 e. The summed E-state index contributed by atoms with van der Waals surface area (Å²) >= 11 is 0. The summed E-state index contributed by atoms with van der Waals surface area (Å²) in [5, 5.41) is 19.1. The molecule has 2 atom stereocenters. The van der Waals surface area contributed by atoms with E-state index in [0.29, 0.717) is 11.3 Å². The van der Waals surface area contributed by atoms with Crippen molar-refractivity contribution in [3.63, 3.8) is 0 Å². The first kappa shape index (κ1) is 23.6. The Hall–Kier alpha value is -3.01. The molecule has 2 N–H and O–H groups in total. The molecule has 1 heterocycles. The fourth-order valence-electron chi connectivity index (χ4n) is 3.14. The van der Waals surface area contributed by atoms with Crippen LogP contribution in [0.25, 0.3) is 0 Å². The third-order valence-corrected chi connectivity index (χ3v) is 7.33. The molecule has 0 aliphatic rings. The summed E-state index contributed by atoms with van der Waals surface area (Å²) in [5.41, 5.74) is 2.28. The minimum absolute atomic E-state index is 0.0562. The SMILES string of the molecule is COc1ccc(CN(Cc2ccc(O)cc2)S(=O)(=O)[C@@H](C)[C@H](O)c2ncc(C)cn2)cc1. The number of aliphatic hydroxyl groups excluding tert-OH is 1. The monoisotopic (exact) mass is 457 g/mol. The van der Waals surface area contributed by atoms with Crippen molar-refractivity contribution in [1.29, 1.82) is 0 Å². The van der Waals surface area contributed by atoms with Crippen molar-refractivity contribution in [2.45, 2.75) is 38.3 Å². The van der Waals surface area contributed by atoms with E-state index in [4.69, 9.17) is 4.74 Å². The van der Waals surface area contributed by atoms with Crippen LogP contribution in [0, 0.1) is 6.92 Å². The summed E-state index contributed by atoms with van der Waals surface area (Å²) in [7, 11) is -2.41. The third-order valence-electron chi connectivity index (χ3n) is 5.15. The fraction of sp³-hybridized carbons (Fsp3) is 0.304. The standard InChI is InChI=1S/C23H27N3O5S/c1-16-12-24-23(25-13-16)22(28)17(2)32(29,30)26(14-18-4-8-20(27)9-5-18)15-19-6-10-21(31-3)11-7-19/h4-13,17,22,27-28H,14-15H2,1-3H3/t17-,22-/m0/s1. The number of phenolic OH excluding ortho intramolecular Hbond substituents is 1. The van der Waals surface area contributed by atoms with E-state index in [-0.39, 0.29) is 24.7 Å². The van der Waals surface area contributed by atoms with Crippen molar-refractivity contribution in [2.24, 2.45) is 0 Å². The highest BCUT2D eigenvalue weighted by molar-refractivity contribution is 7.89. The summed E-state index contributed by atoms with van der Waals surface area (Å²) in [4.78, 5) is 8.17. The molecule has 8 nitrogen and oxygen atoms in total. The van der Waals surface area contributed by atoms with Crippen LogP contribution < -0.4 is 4.74 Å². The molecule has 1 aromatic heterocycles. The number of aliphatic hydroxyl groups is 1. The lowest BCUT2D eigenvalue weighted by molar-refractivity contribution is 0.162. The Kier molecular flexibility index (Phi) is 7.44. The minimum Gasteiger partial charge on any atom is -0.508 e. The van der Waals surface area contributed by atoms with Crippen LogP contribution in [-0.2, 0) is 23.1 Å². The lowest BCUT2D eigenvalue weighted by atomic mass is 10.2. The quantitative estimate of drug-likeness (QED) is 0.508. The number of phenols is 1. The van der Waals surface area contributed by atoms with Crippen molar-refractivity contribution in [3.8, 4) is 11.5 Å². The smallest absolute Gasteiger partial charge is 0.220 e. The summed E-state index contributed by atoms with van der Waals surface area (Å²) in [6, 6.07) is 13.5. The molecule has 0 aliphatic heterocycles. The fourth-order valence-corrected chi connectivity index (χ4v) is 4.71. The van der Waals surface area contributed by atoms with Gasteiger partial charge in [0.1, 0.15) is 22.9 Å². The van der Waals surface area contributed by atoms with E-state index in [2.05, 4.69) is 9.97 Å². The predicted molar refractivity (Wildman–Crippen MR) is 120 cm³/mol. The Morgan fingerprint density at radius 3 is 1.97 bits per heavy atom. The highest BCUT2D eigenvalue weighted by atomic mass is 32.2. The second kappa shape index (κ2) is 10.1. The molecule has 0 unspecified atom stereocenters. The lowest BCUT2D eigenvalue weighted by Gasteiger charge is -2.28. The van der Waals surface area contributed by atoms with Gasteiger partial charge >= 0.3 is 0 Å². The van der Waals surface area contributed by atoms with Gasteiger partial charge in [-0.25, -0.2) is 18.4 Å². The molecule has 3 rings (SSSR count). The molecular weight excluding hydrogens is 430 g/mol. The van der Waals surface area contributed by atoms with Crippen LogP contribution in [0.1, 0.15) is 35.5 Å². The zero-order valence-electron chi connectivity index (χ0n) is 18.2. The molecule has 0 aliphatic carbocycles. The molecular formula is C23H27N3O5S. The Labute approximate surface area is 188 Å². The summed E-state index contributed by atoms with van der Waals surface area (Å²) < 4.78 is 33.6. The summed E-state index contributed by atoms with van der Waals surface area (Å²) in [5.74, 6) is 0.821. The Balaban J connectivity index is 1.91. The highest BCUT2D eigenvalue weighted by Gasteiger charge is 2.36. The van der Waals surface area contributed by atoms with Crippen LogP contribution in [0.5, 0.6) is 11.5 Å². The van der Waals surface area contributed by atoms with Crippen molar-refractivity contribution in [1.82, 2.24) is 14.3 Å². The molecule has 3 aromatic rings. The van der Waals surface area contributed by atoms with Crippen LogP contribution in [0.4, 0.5) is 0 Å². The molecule has 2 aromatic carbocycles. The number of aryl methyl sites for hydroxylation is 1. The number of aromatic hydroxyl groups is 1. The van der Waals surface area contributed by atoms with E-state index in [1.165, 1.54) is 35.8 Å². The number of ether oxygens (including phenoxy) is 1. The number of methoxy groups -OCH3 is 1. The maximum absolute atomic E-state index is 13.5. The first-order chi connectivity index (χ1) is 15.2. The molecule has 0 saturated heterocycles. The van der Waals surface area contributed by atoms with E-state index in [0.717, 1.165) is 11.1 Å². The molecule has 0 saturated carbocycles. The van der Waals surface area contributed by atoms with E-state index in [9.17, 15) is 18.6 Å². The number of hydrogen-bond acceptors (Lipinski definition) is 7. The lowest BCUT2D eigenvalue weighted by Crippen LogP contribution is -2.40. The van der Waals surface area contributed by atoms with Crippen molar-refractivity contribution in [3.05, 3.63) is 83.4 Å². The van der Waals surface area contributed by atoms with Gasteiger partial charge in [-0.05, 0) is 54.8 Å². The molecule has 0 radical (unpaired) electrons. The zero-order valence-corrected chi connectivity index (χ0v) is 19.0. The predicted octanol–water partition coefficient (Wildman–Crippen LogP) is 2.95. The van der Waals surface area contributed by atoms with Gasteiger partial charge in [0.05, 0.1) is 7.11 Å². The van der Waals surface area contributed by atoms with Gasteiger partial charge in [0.2, 0.25) is 10.0 Å². The van der Waals surface area contributed by atoms with Crippen molar-refractivity contribution in [2.75, 3.05) is 7.11 Å². The first-order valence-electron chi connectivity index (χ1n) is 10.1. The molecule has 9 heteroatoms. The Morgan fingerprint density at radius 1 is 0.969 bits per heavy atom. The second-order valence-electron chi connectivity index (χ2n) is 7.60. The number of sulfonamides is 1. The number of rotatable bonds is 9. The molecule has 0 fully saturated rings. The number of benzene rings is 2. The van der Waals surface area contributed by atoms with Gasteiger partial charge in [0.15, 0.2) is 5.82 Å². The van der Waals surface area contributed by atoms with Crippen LogP contribution in [-0.4, -0.2) is 45.3 Å². The average Bonchev–Trinajstić information content (AvgIpc) is 2.80.